The molecule has 0 saturated carbocycles. The lowest BCUT2D eigenvalue weighted by Crippen LogP contribution is -2.24. The molecule has 0 N–H and O–H groups in total. The van der Waals surface area contributed by atoms with Crippen molar-refractivity contribution >= 4 is 0 Å². The van der Waals surface area contributed by atoms with Crippen LogP contribution in [-0.2, 0) is 4.74 Å². The number of rotatable bonds is 4. The number of nitrogens with zero attached hydrogens (tertiary/aromatic N) is 3. The van der Waals surface area contributed by atoms with E-state index in [1.165, 1.54) is 0 Å². The first-order valence-electron chi connectivity index (χ1n) is 5.30. The fourth-order valence-electron chi connectivity index (χ4n) is 1.06. The molecule has 0 saturated heterocycles. The average molecular weight is 229 g/mol. The predicted molar refractivity (Wildman–Crippen MR) is 69.1 cm³/mol. The van der Waals surface area contributed by atoms with E-state index in [-0.39, 0.29) is 24.5 Å². The van der Waals surface area contributed by atoms with E-state index < -0.39 is 0 Å². The minimum atomic E-state index is -0.353. The van der Waals surface area contributed by atoms with Gasteiger partial charge < -0.3 is 4.74 Å². The van der Waals surface area contributed by atoms with Gasteiger partial charge in [0, 0.05) is 4.91 Å². The van der Waals surface area contributed by atoms with Crippen LogP contribution < -0.4 is 0 Å². The molecule has 0 aliphatic heterocycles. The Morgan fingerprint density at radius 2 is 1.62 bits per heavy atom. The Bertz CT molecular complexity index is 232. The minimum Gasteiger partial charge on any atom is -0.372 e. The molecule has 4 heteroatoms. The van der Waals surface area contributed by atoms with Crippen molar-refractivity contribution in [3.8, 4) is 0 Å². The van der Waals surface area contributed by atoms with E-state index in [0.29, 0.717) is 6.61 Å². The molecule has 0 spiro atoms. The maximum Gasteiger partial charge on any atom is 0.137 e. The van der Waals surface area contributed by atoms with Gasteiger partial charge in [0.2, 0.25) is 0 Å². The third-order valence-electron chi connectivity index (χ3n) is 1.68. The van der Waals surface area contributed by atoms with Crippen LogP contribution in [0.25, 0.3) is 10.4 Å². The smallest absolute Gasteiger partial charge is 0.137 e. The van der Waals surface area contributed by atoms with Crippen molar-refractivity contribution in [2.75, 3.05) is 6.61 Å². The van der Waals surface area contributed by atoms with Crippen LogP contribution in [0.4, 0.5) is 0 Å². The summed E-state index contributed by atoms with van der Waals surface area (Å²) in [6.45, 7) is 13.2. The van der Waals surface area contributed by atoms with E-state index >= 15 is 0 Å². The first-order chi connectivity index (χ1) is 6.64. The van der Waals surface area contributed by atoms with Crippen molar-refractivity contribution in [1.29, 1.82) is 0 Å². The van der Waals surface area contributed by atoms with Crippen molar-refractivity contribution in [2.24, 2.45) is 15.9 Å². The fraction of sp³-hybridized carbons (Fsp3) is 1.00. The lowest BCUT2D eigenvalue weighted by molar-refractivity contribution is -0.00727. The molecule has 96 valence electrons. The van der Waals surface area contributed by atoms with Gasteiger partial charge in [0.05, 0.1) is 6.61 Å². The summed E-state index contributed by atoms with van der Waals surface area (Å²) in [5.41, 5.74) is 8.65. The van der Waals surface area contributed by atoms with Gasteiger partial charge >= 0.3 is 0 Å². The molecule has 16 heavy (non-hydrogen) atoms. The van der Waals surface area contributed by atoms with Gasteiger partial charge in [-0.05, 0) is 22.8 Å². The first-order valence-corrected chi connectivity index (χ1v) is 5.30. The van der Waals surface area contributed by atoms with Gasteiger partial charge in [0.25, 0.3) is 0 Å². The minimum absolute atomic E-state index is 0. The van der Waals surface area contributed by atoms with Crippen LogP contribution in [0.15, 0.2) is 5.11 Å². The zero-order valence-corrected chi connectivity index (χ0v) is 10.7. The van der Waals surface area contributed by atoms with E-state index in [1.807, 2.05) is 0 Å². The molecule has 0 aromatic carbocycles. The Hall–Kier alpha value is -0.730. The maximum absolute atomic E-state index is 8.44. The Morgan fingerprint density at radius 3 is 1.94 bits per heavy atom. The molecular weight excluding hydrogens is 202 g/mol. The van der Waals surface area contributed by atoms with Crippen molar-refractivity contribution in [1.82, 2.24) is 0 Å². The van der Waals surface area contributed by atoms with Gasteiger partial charge in [-0.1, -0.05) is 54.1 Å². The summed E-state index contributed by atoms with van der Waals surface area (Å²) in [6.07, 6.45) is 0.391. The number of hydrogen-bond donors (Lipinski definition) is 0. The van der Waals surface area contributed by atoms with Crippen LogP contribution >= 0.6 is 0 Å². The number of hydrogen-bond acceptors (Lipinski definition) is 2. The van der Waals surface area contributed by atoms with Gasteiger partial charge in [-0.3, -0.25) is 0 Å². The van der Waals surface area contributed by atoms with Crippen LogP contribution in [0.2, 0.25) is 0 Å². The quantitative estimate of drug-likeness (QED) is 0.389. The third-order valence-corrected chi connectivity index (χ3v) is 1.68. The summed E-state index contributed by atoms with van der Waals surface area (Å²) in [5, 5.41) is 3.67. The van der Waals surface area contributed by atoms with Crippen LogP contribution in [0.3, 0.4) is 0 Å². The molecule has 0 heterocycles. The summed E-state index contributed by atoms with van der Waals surface area (Å²) < 4.78 is 5.60. The number of ether oxygens (including phenoxy) is 1. The van der Waals surface area contributed by atoms with Gasteiger partial charge in [0.15, 0.2) is 0 Å². The molecule has 0 fully saturated rings. The monoisotopic (exact) mass is 229 g/mol. The summed E-state index contributed by atoms with van der Waals surface area (Å²) in [7, 11) is 0. The second-order valence-corrected chi connectivity index (χ2v) is 6.30. The van der Waals surface area contributed by atoms with Crippen LogP contribution in [0, 0.1) is 10.8 Å². The molecule has 0 aromatic heterocycles. The molecule has 0 aliphatic carbocycles. The molecule has 0 aliphatic rings. The van der Waals surface area contributed by atoms with Gasteiger partial charge in [0.1, 0.15) is 6.23 Å². The standard InChI is InChI=1S/C11H23N3O.CH4/c1-10(2,3)7-9(13-14-12)15-8-11(4,5)6;/h9H,7-8H2,1-6H3;1H4. The Morgan fingerprint density at radius 1 is 1.12 bits per heavy atom. The van der Waals surface area contributed by atoms with Crippen LogP contribution in [0.5, 0.6) is 0 Å². The maximum atomic E-state index is 8.44. The molecule has 0 amide bonds. The van der Waals surface area contributed by atoms with E-state index in [4.69, 9.17) is 10.3 Å². The number of azide groups is 1. The van der Waals surface area contributed by atoms with E-state index in [0.717, 1.165) is 6.42 Å². The van der Waals surface area contributed by atoms with Crippen LogP contribution in [-0.4, -0.2) is 12.8 Å². The lowest BCUT2D eigenvalue weighted by atomic mass is 9.91. The predicted octanol–water partition coefficient (Wildman–Crippen LogP) is 4.76. The molecule has 0 radical (unpaired) electrons. The van der Waals surface area contributed by atoms with E-state index in [1.54, 1.807) is 0 Å². The summed E-state index contributed by atoms with van der Waals surface area (Å²) in [4.78, 5) is 2.82. The highest BCUT2D eigenvalue weighted by molar-refractivity contribution is 4.70. The Balaban J connectivity index is 0. The van der Waals surface area contributed by atoms with E-state index in [9.17, 15) is 0 Å². The van der Waals surface area contributed by atoms with Crippen molar-refractivity contribution in [3.63, 3.8) is 0 Å². The molecule has 1 atom stereocenters. The van der Waals surface area contributed by atoms with Crippen LogP contribution in [0.1, 0.15) is 55.4 Å². The highest BCUT2D eigenvalue weighted by atomic mass is 16.5. The summed E-state index contributed by atoms with van der Waals surface area (Å²) in [5.74, 6) is 0. The molecule has 1 unspecified atom stereocenters. The topological polar surface area (TPSA) is 58.0 Å². The first kappa shape index (κ1) is 17.7. The fourth-order valence-corrected chi connectivity index (χ4v) is 1.06. The zero-order valence-electron chi connectivity index (χ0n) is 10.7. The van der Waals surface area contributed by atoms with Crippen molar-refractivity contribution in [3.05, 3.63) is 10.4 Å². The van der Waals surface area contributed by atoms with Gasteiger partial charge in [-0.2, -0.15) is 0 Å². The third kappa shape index (κ3) is 11.3. The second-order valence-electron chi connectivity index (χ2n) is 6.30. The zero-order chi connectivity index (χ0) is 12.1. The van der Waals surface area contributed by atoms with Gasteiger partial charge in [-0.15, -0.1) is 0 Å². The van der Waals surface area contributed by atoms with E-state index in [2.05, 4.69) is 51.6 Å². The highest BCUT2D eigenvalue weighted by Gasteiger charge is 2.20. The Labute approximate surface area is 100 Å². The highest BCUT2D eigenvalue weighted by Crippen LogP contribution is 2.24. The lowest BCUT2D eigenvalue weighted by Gasteiger charge is -2.26. The van der Waals surface area contributed by atoms with Gasteiger partial charge in [-0.25, -0.2) is 0 Å². The molecular formula is C12H27N3O. The average Bonchev–Trinajstić information content (AvgIpc) is 1.96. The molecule has 4 nitrogen and oxygen atoms in total. The second kappa shape index (κ2) is 6.77. The summed E-state index contributed by atoms with van der Waals surface area (Å²) >= 11 is 0. The SMILES string of the molecule is C.CC(C)(C)COC(CC(C)(C)C)N=[N+]=[N-]. The molecule has 0 bridgehead atoms. The largest absolute Gasteiger partial charge is 0.372 e. The molecule has 0 aromatic rings. The normalized spacial score (nSPS) is 13.6. The summed E-state index contributed by atoms with van der Waals surface area (Å²) in [6, 6.07) is 0. The van der Waals surface area contributed by atoms with Crippen molar-refractivity contribution < 1.29 is 4.74 Å². The molecule has 0 rings (SSSR count). The van der Waals surface area contributed by atoms with Crippen molar-refractivity contribution in [2.45, 2.75) is 61.6 Å². The Kier molecular flexibility index (Phi) is 7.47.